The molecule has 0 bridgehead atoms. The molecule has 8 heteroatoms. The van der Waals surface area contributed by atoms with E-state index in [0.717, 1.165) is 11.8 Å². The lowest BCUT2D eigenvalue weighted by Gasteiger charge is -2.09. The molecule has 0 aliphatic carbocycles. The molecule has 2 aromatic heterocycles. The van der Waals surface area contributed by atoms with Crippen LogP contribution in [-0.2, 0) is 4.79 Å². The fourth-order valence-corrected chi connectivity index (χ4v) is 2.53. The molecule has 0 saturated heterocycles. The molecule has 0 aliphatic heterocycles. The van der Waals surface area contributed by atoms with Gasteiger partial charge in [-0.15, -0.1) is 10.2 Å². The van der Waals surface area contributed by atoms with Crippen molar-refractivity contribution >= 4 is 23.4 Å². The van der Waals surface area contributed by atoms with Crippen molar-refractivity contribution in [3.8, 4) is 11.5 Å². The summed E-state index contributed by atoms with van der Waals surface area (Å²) in [6.07, 6.45) is 3.27. The Morgan fingerprint density at radius 1 is 1.25 bits per heavy atom. The predicted octanol–water partition coefficient (Wildman–Crippen LogP) is 3.39. The summed E-state index contributed by atoms with van der Waals surface area (Å²) in [5.41, 5.74) is 1.23. The molecule has 0 saturated carbocycles. The van der Waals surface area contributed by atoms with E-state index in [1.807, 2.05) is 0 Å². The molecule has 1 N–H and O–H groups in total. The molecule has 0 aliphatic rings. The van der Waals surface area contributed by atoms with Gasteiger partial charge in [-0.05, 0) is 43.3 Å². The maximum Gasteiger partial charge on any atom is 0.277 e. The number of thioether (sulfide) groups is 1. The van der Waals surface area contributed by atoms with E-state index in [-0.39, 0.29) is 16.9 Å². The van der Waals surface area contributed by atoms with E-state index >= 15 is 0 Å². The van der Waals surface area contributed by atoms with E-state index in [1.54, 1.807) is 31.5 Å². The van der Waals surface area contributed by atoms with Crippen LogP contribution in [0.5, 0.6) is 0 Å². The number of anilines is 1. The highest BCUT2D eigenvalue weighted by molar-refractivity contribution is 8.00. The Morgan fingerprint density at radius 2 is 2.04 bits per heavy atom. The molecular formula is C16H13FN4O2S. The molecule has 1 aromatic carbocycles. The highest BCUT2D eigenvalue weighted by Gasteiger charge is 2.19. The first kappa shape index (κ1) is 16.1. The maximum absolute atomic E-state index is 12.9. The molecule has 3 aromatic rings. The van der Waals surface area contributed by atoms with E-state index in [2.05, 4.69) is 20.5 Å². The smallest absolute Gasteiger partial charge is 0.277 e. The highest BCUT2D eigenvalue weighted by Crippen LogP contribution is 2.26. The Balaban J connectivity index is 1.62. The zero-order valence-corrected chi connectivity index (χ0v) is 13.5. The third-order valence-corrected chi connectivity index (χ3v) is 4.01. The minimum Gasteiger partial charge on any atom is -0.411 e. The summed E-state index contributed by atoms with van der Waals surface area (Å²) in [4.78, 5) is 16.1. The second kappa shape index (κ2) is 7.22. The minimum absolute atomic E-state index is 0.243. The van der Waals surface area contributed by atoms with Crippen LogP contribution in [0.15, 0.2) is 58.4 Å². The predicted molar refractivity (Wildman–Crippen MR) is 87.9 cm³/mol. The molecule has 1 amide bonds. The molecule has 6 nitrogen and oxygen atoms in total. The monoisotopic (exact) mass is 344 g/mol. The number of nitrogens with one attached hydrogen (secondary N) is 1. The van der Waals surface area contributed by atoms with E-state index in [4.69, 9.17) is 4.42 Å². The van der Waals surface area contributed by atoms with E-state index in [9.17, 15) is 9.18 Å². The summed E-state index contributed by atoms with van der Waals surface area (Å²) in [6, 6.07) is 9.14. The first-order chi connectivity index (χ1) is 11.6. The maximum atomic E-state index is 12.9. The standard InChI is InChI=1S/C16H13FN4O2S/c1-10(14(22)19-13-6-4-12(17)5-7-13)24-16-21-20-15(23-16)11-3-2-8-18-9-11/h2-10H,1H3,(H,19,22). The fourth-order valence-electron chi connectivity index (χ4n) is 1.85. The summed E-state index contributed by atoms with van der Waals surface area (Å²) >= 11 is 1.14. The number of pyridine rings is 1. The zero-order valence-electron chi connectivity index (χ0n) is 12.6. The van der Waals surface area contributed by atoms with Crippen molar-refractivity contribution in [3.63, 3.8) is 0 Å². The largest absolute Gasteiger partial charge is 0.411 e. The van der Waals surface area contributed by atoms with E-state index in [1.165, 1.54) is 24.3 Å². The number of rotatable bonds is 5. The molecule has 0 fully saturated rings. The number of hydrogen-bond donors (Lipinski definition) is 1. The summed E-state index contributed by atoms with van der Waals surface area (Å²) in [5.74, 6) is -0.256. The van der Waals surface area contributed by atoms with Crippen LogP contribution in [-0.4, -0.2) is 26.3 Å². The molecule has 122 valence electrons. The third-order valence-electron chi connectivity index (χ3n) is 3.07. The molecule has 0 radical (unpaired) electrons. The molecule has 0 spiro atoms. The molecule has 1 atom stereocenters. The van der Waals surface area contributed by atoms with Gasteiger partial charge in [0.05, 0.1) is 10.8 Å². The number of amides is 1. The van der Waals surface area contributed by atoms with Crippen LogP contribution >= 0.6 is 11.8 Å². The second-order valence-corrected chi connectivity index (χ2v) is 6.16. The van der Waals surface area contributed by atoms with Crippen molar-refractivity contribution in [2.24, 2.45) is 0 Å². The van der Waals surface area contributed by atoms with Crippen LogP contribution in [0.2, 0.25) is 0 Å². The second-order valence-electron chi connectivity index (χ2n) is 4.87. The van der Waals surface area contributed by atoms with Crippen LogP contribution in [0, 0.1) is 5.82 Å². The van der Waals surface area contributed by atoms with Gasteiger partial charge in [-0.3, -0.25) is 9.78 Å². The third kappa shape index (κ3) is 3.96. The Hall–Kier alpha value is -2.74. The normalized spacial score (nSPS) is 11.9. The quantitative estimate of drug-likeness (QED) is 0.715. The van der Waals surface area contributed by atoms with Crippen LogP contribution < -0.4 is 5.32 Å². The Kier molecular flexibility index (Phi) is 4.85. The Labute approximate surface area is 141 Å². The number of carbonyl (C=O) groups is 1. The number of hydrogen-bond acceptors (Lipinski definition) is 6. The lowest BCUT2D eigenvalue weighted by Crippen LogP contribution is -2.22. The van der Waals surface area contributed by atoms with Crippen LogP contribution in [0.4, 0.5) is 10.1 Å². The zero-order chi connectivity index (χ0) is 16.9. The fraction of sp³-hybridized carbons (Fsp3) is 0.125. The van der Waals surface area contributed by atoms with Crippen LogP contribution in [0.1, 0.15) is 6.92 Å². The van der Waals surface area contributed by atoms with Gasteiger partial charge in [-0.1, -0.05) is 11.8 Å². The first-order valence-corrected chi connectivity index (χ1v) is 7.97. The molecule has 2 heterocycles. The number of aromatic nitrogens is 3. The lowest BCUT2D eigenvalue weighted by molar-refractivity contribution is -0.115. The van der Waals surface area contributed by atoms with Crippen molar-refractivity contribution in [1.29, 1.82) is 0 Å². The lowest BCUT2D eigenvalue weighted by atomic mass is 10.3. The van der Waals surface area contributed by atoms with E-state index < -0.39 is 5.25 Å². The van der Waals surface area contributed by atoms with Gasteiger partial charge in [0.2, 0.25) is 11.8 Å². The molecular weight excluding hydrogens is 331 g/mol. The van der Waals surface area contributed by atoms with Gasteiger partial charge in [-0.25, -0.2) is 4.39 Å². The van der Waals surface area contributed by atoms with Gasteiger partial charge >= 0.3 is 0 Å². The molecule has 3 rings (SSSR count). The van der Waals surface area contributed by atoms with Gasteiger partial charge < -0.3 is 9.73 Å². The van der Waals surface area contributed by atoms with Gasteiger partial charge in [-0.2, -0.15) is 0 Å². The number of nitrogens with zero attached hydrogens (tertiary/aromatic N) is 3. The van der Waals surface area contributed by atoms with Crippen molar-refractivity contribution in [1.82, 2.24) is 15.2 Å². The molecule has 24 heavy (non-hydrogen) atoms. The molecule has 1 unspecified atom stereocenters. The Morgan fingerprint density at radius 3 is 2.75 bits per heavy atom. The van der Waals surface area contributed by atoms with Crippen LogP contribution in [0.25, 0.3) is 11.5 Å². The average molecular weight is 344 g/mol. The topological polar surface area (TPSA) is 80.9 Å². The van der Waals surface area contributed by atoms with Gasteiger partial charge in [0, 0.05) is 18.1 Å². The number of halogens is 1. The van der Waals surface area contributed by atoms with Gasteiger partial charge in [0.1, 0.15) is 5.82 Å². The summed E-state index contributed by atoms with van der Waals surface area (Å²) in [6.45, 7) is 1.72. The number of carbonyl (C=O) groups excluding carboxylic acids is 1. The van der Waals surface area contributed by atoms with Crippen molar-refractivity contribution in [3.05, 3.63) is 54.6 Å². The minimum atomic E-state index is -0.461. The van der Waals surface area contributed by atoms with Gasteiger partial charge in [0.15, 0.2) is 0 Å². The first-order valence-electron chi connectivity index (χ1n) is 7.09. The SMILES string of the molecule is CC(Sc1nnc(-c2cccnc2)o1)C(=O)Nc1ccc(F)cc1. The van der Waals surface area contributed by atoms with Crippen molar-refractivity contribution < 1.29 is 13.6 Å². The summed E-state index contributed by atoms with van der Waals surface area (Å²) in [7, 11) is 0. The summed E-state index contributed by atoms with van der Waals surface area (Å²) in [5, 5.41) is 10.4. The van der Waals surface area contributed by atoms with Crippen molar-refractivity contribution in [2.45, 2.75) is 17.4 Å². The number of benzene rings is 1. The van der Waals surface area contributed by atoms with E-state index in [0.29, 0.717) is 17.1 Å². The van der Waals surface area contributed by atoms with Crippen molar-refractivity contribution in [2.75, 3.05) is 5.32 Å². The Bertz CT molecular complexity index is 824. The van der Waals surface area contributed by atoms with Crippen LogP contribution in [0.3, 0.4) is 0 Å². The highest BCUT2D eigenvalue weighted by atomic mass is 32.2. The summed E-state index contributed by atoms with van der Waals surface area (Å²) < 4.78 is 18.4. The average Bonchev–Trinajstić information content (AvgIpc) is 3.06. The van der Waals surface area contributed by atoms with Gasteiger partial charge in [0.25, 0.3) is 5.22 Å².